The molecule has 0 saturated heterocycles. The molecular formula is C20H19NO2S2. The summed E-state index contributed by atoms with van der Waals surface area (Å²) in [5.41, 5.74) is 4.50. The van der Waals surface area contributed by atoms with Crippen LogP contribution in [0.15, 0.2) is 64.5 Å². The minimum atomic E-state index is -3.18. The van der Waals surface area contributed by atoms with E-state index in [4.69, 9.17) is 0 Å². The highest BCUT2D eigenvalue weighted by molar-refractivity contribution is 7.98. The summed E-state index contributed by atoms with van der Waals surface area (Å²) in [5.74, 6) is 0. The third kappa shape index (κ3) is 3.18. The fourth-order valence-corrected chi connectivity index (χ4v) is 4.19. The second-order valence-corrected chi connectivity index (χ2v) is 9.62. The Labute approximate surface area is 152 Å². The van der Waals surface area contributed by atoms with Crippen LogP contribution in [0.4, 0.5) is 0 Å². The first kappa shape index (κ1) is 16.6. The Morgan fingerprint density at radius 3 is 2.20 bits per heavy atom. The molecule has 0 atom stereocenters. The Kier molecular flexibility index (Phi) is 3.89. The Bertz CT molecular complexity index is 981. The molecular weight excluding hydrogens is 350 g/mol. The summed E-state index contributed by atoms with van der Waals surface area (Å²) in [6.45, 7) is 0. The van der Waals surface area contributed by atoms with Crippen LogP contribution in [0, 0.1) is 5.41 Å². The predicted octanol–water partition coefficient (Wildman–Crippen LogP) is 4.47. The van der Waals surface area contributed by atoms with Gasteiger partial charge in [-0.3, -0.25) is 4.98 Å². The van der Waals surface area contributed by atoms with E-state index in [-0.39, 0.29) is 5.41 Å². The standard InChI is InChI=1S/C20H19NO2S2/c1-24-15-5-8-19(21-13-15)18-12-20(9-10-20)11-17(18)14-3-6-16(7-4-14)25(2,22)23/h3-8,11-13H,9-10H2,1-2H3. The Morgan fingerprint density at radius 1 is 1.00 bits per heavy atom. The molecule has 5 heteroatoms. The number of sulfone groups is 1. The van der Waals surface area contributed by atoms with Gasteiger partial charge in [0.25, 0.3) is 0 Å². The third-order valence-corrected chi connectivity index (χ3v) is 6.66. The smallest absolute Gasteiger partial charge is 0.175 e. The minimum Gasteiger partial charge on any atom is -0.255 e. The number of thioether (sulfide) groups is 1. The Balaban J connectivity index is 1.73. The fraction of sp³-hybridized carbons (Fsp3) is 0.250. The molecule has 2 aliphatic rings. The molecule has 2 aliphatic carbocycles. The van der Waals surface area contributed by atoms with Gasteiger partial charge in [0.05, 0.1) is 10.6 Å². The third-order valence-electron chi connectivity index (χ3n) is 4.82. The van der Waals surface area contributed by atoms with Crippen molar-refractivity contribution in [3.05, 3.63) is 66.0 Å². The van der Waals surface area contributed by atoms with Gasteiger partial charge in [0.15, 0.2) is 9.84 Å². The first-order valence-corrected chi connectivity index (χ1v) is 11.3. The summed E-state index contributed by atoms with van der Waals surface area (Å²) in [7, 11) is -3.18. The molecule has 0 unspecified atom stereocenters. The highest BCUT2D eigenvalue weighted by Crippen LogP contribution is 2.57. The summed E-state index contributed by atoms with van der Waals surface area (Å²) in [5, 5.41) is 0. The average Bonchev–Trinajstić information content (AvgIpc) is 3.25. The minimum absolute atomic E-state index is 0.181. The Morgan fingerprint density at radius 2 is 1.68 bits per heavy atom. The van der Waals surface area contributed by atoms with Gasteiger partial charge in [0.1, 0.15) is 0 Å². The van der Waals surface area contributed by atoms with Crippen molar-refractivity contribution in [3.63, 3.8) is 0 Å². The van der Waals surface area contributed by atoms with E-state index in [0.717, 1.165) is 27.3 Å². The highest BCUT2D eigenvalue weighted by Gasteiger charge is 2.43. The molecule has 0 N–H and O–H groups in total. The number of allylic oxidation sites excluding steroid dienone is 4. The molecule has 1 fully saturated rings. The van der Waals surface area contributed by atoms with Gasteiger partial charge >= 0.3 is 0 Å². The van der Waals surface area contributed by atoms with Crippen molar-refractivity contribution in [2.45, 2.75) is 22.6 Å². The summed E-state index contributed by atoms with van der Waals surface area (Å²) >= 11 is 1.68. The van der Waals surface area contributed by atoms with Crippen molar-refractivity contribution in [1.29, 1.82) is 0 Å². The molecule has 1 heterocycles. The van der Waals surface area contributed by atoms with E-state index in [9.17, 15) is 8.42 Å². The molecule has 0 bridgehead atoms. The van der Waals surface area contributed by atoms with E-state index in [1.807, 2.05) is 24.6 Å². The van der Waals surface area contributed by atoms with E-state index in [0.29, 0.717) is 4.90 Å². The second kappa shape index (κ2) is 5.85. The molecule has 2 aromatic rings. The quantitative estimate of drug-likeness (QED) is 0.746. The largest absolute Gasteiger partial charge is 0.255 e. The number of hydrogen-bond acceptors (Lipinski definition) is 4. The number of pyridine rings is 1. The zero-order valence-corrected chi connectivity index (χ0v) is 15.8. The lowest BCUT2D eigenvalue weighted by molar-refractivity contribution is 0.602. The first-order valence-electron chi connectivity index (χ1n) is 8.17. The molecule has 25 heavy (non-hydrogen) atoms. The number of aromatic nitrogens is 1. The zero-order valence-electron chi connectivity index (χ0n) is 14.2. The van der Waals surface area contributed by atoms with Crippen molar-refractivity contribution in [1.82, 2.24) is 4.98 Å². The van der Waals surface area contributed by atoms with Gasteiger partial charge in [-0.2, -0.15) is 0 Å². The topological polar surface area (TPSA) is 47.0 Å². The van der Waals surface area contributed by atoms with Crippen molar-refractivity contribution < 1.29 is 8.42 Å². The highest BCUT2D eigenvalue weighted by atomic mass is 32.2. The first-order chi connectivity index (χ1) is 11.9. The molecule has 1 saturated carbocycles. The lowest BCUT2D eigenvalue weighted by Gasteiger charge is -2.10. The molecule has 4 rings (SSSR count). The van der Waals surface area contributed by atoms with E-state index >= 15 is 0 Å². The second-order valence-electron chi connectivity index (χ2n) is 6.73. The van der Waals surface area contributed by atoms with Crippen molar-refractivity contribution >= 4 is 32.7 Å². The van der Waals surface area contributed by atoms with Crippen LogP contribution in [-0.2, 0) is 9.84 Å². The molecule has 0 aliphatic heterocycles. The number of benzene rings is 1. The van der Waals surface area contributed by atoms with Gasteiger partial charge in [-0.05, 0) is 54.5 Å². The van der Waals surface area contributed by atoms with Crippen LogP contribution in [0.1, 0.15) is 24.1 Å². The van der Waals surface area contributed by atoms with Crippen molar-refractivity contribution in [2.24, 2.45) is 5.41 Å². The summed E-state index contributed by atoms with van der Waals surface area (Å²) < 4.78 is 23.4. The zero-order chi connectivity index (χ0) is 17.7. The number of rotatable bonds is 4. The lowest BCUT2D eigenvalue weighted by Crippen LogP contribution is -1.97. The van der Waals surface area contributed by atoms with Gasteiger partial charge in [-0.25, -0.2) is 8.42 Å². The van der Waals surface area contributed by atoms with Gasteiger partial charge in [-0.15, -0.1) is 11.8 Å². The van der Waals surface area contributed by atoms with Gasteiger partial charge in [0.2, 0.25) is 0 Å². The van der Waals surface area contributed by atoms with Crippen LogP contribution >= 0.6 is 11.8 Å². The average molecular weight is 370 g/mol. The molecule has 1 aromatic heterocycles. The van der Waals surface area contributed by atoms with Crippen molar-refractivity contribution in [2.75, 3.05) is 12.5 Å². The lowest BCUT2D eigenvalue weighted by atomic mass is 9.98. The molecule has 3 nitrogen and oxygen atoms in total. The molecule has 128 valence electrons. The van der Waals surface area contributed by atoms with Gasteiger partial charge in [0, 0.05) is 28.3 Å². The number of hydrogen-bond donors (Lipinski definition) is 0. The van der Waals surface area contributed by atoms with E-state index in [1.54, 1.807) is 23.9 Å². The molecule has 0 amide bonds. The van der Waals surface area contributed by atoms with Crippen LogP contribution in [0.25, 0.3) is 11.1 Å². The van der Waals surface area contributed by atoms with E-state index in [1.165, 1.54) is 19.1 Å². The van der Waals surface area contributed by atoms with Gasteiger partial charge < -0.3 is 0 Å². The van der Waals surface area contributed by atoms with Crippen LogP contribution in [-0.4, -0.2) is 25.9 Å². The SMILES string of the molecule is CSc1ccc(C2=CC3(C=C2c2ccc(S(C)(=O)=O)cc2)CC3)nc1. The fourth-order valence-electron chi connectivity index (χ4n) is 3.20. The summed E-state index contributed by atoms with van der Waals surface area (Å²) in [4.78, 5) is 6.13. The van der Waals surface area contributed by atoms with Gasteiger partial charge in [-0.1, -0.05) is 24.3 Å². The molecule has 1 aromatic carbocycles. The van der Waals surface area contributed by atoms with Crippen LogP contribution in [0.3, 0.4) is 0 Å². The molecule has 0 radical (unpaired) electrons. The number of nitrogens with zero attached hydrogens (tertiary/aromatic N) is 1. The van der Waals surface area contributed by atoms with Crippen molar-refractivity contribution in [3.8, 4) is 0 Å². The summed E-state index contributed by atoms with van der Waals surface area (Å²) in [6, 6.07) is 11.3. The van der Waals surface area contributed by atoms with Crippen LogP contribution < -0.4 is 0 Å². The van der Waals surface area contributed by atoms with E-state index < -0.39 is 9.84 Å². The van der Waals surface area contributed by atoms with Crippen LogP contribution in [0.2, 0.25) is 0 Å². The Hall–Kier alpha value is -1.85. The maximum absolute atomic E-state index is 11.7. The van der Waals surface area contributed by atoms with E-state index in [2.05, 4.69) is 29.3 Å². The maximum Gasteiger partial charge on any atom is 0.175 e. The monoisotopic (exact) mass is 369 g/mol. The molecule has 1 spiro atoms. The van der Waals surface area contributed by atoms with Crippen LogP contribution in [0.5, 0.6) is 0 Å². The predicted molar refractivity (Wildman–Crippen MR) is 103 cm³/mol. The maximum atomic E-state index is 11.7. The normalized spacial score (nSPS) is 18.2. The summed E-state index contributed by atoms with van der Waals surface area (Å²) in [6.07, 6.45) is 12.2.